The van der Waals surface area contributed by atoms with Gasteiger partial charge in [-0.05, 0) is 64.0 Å². The Hall–Kier alpha value is -0.750. The molecule has 1 atom stereocenters. The number of nitrogens with one attached hydrogen (secondary N) is 1. The zero-order valence-corrected chi connectivity index (χ0v) is 12.3. The molecule has 96 valence electrons. The first-order valence-electron chi connectivity index (χ1n) is 5.56. The van der Waals surface area contributed by atoms with Crippen LogP contribution in [0.15, 0.2) is 34.1 Å². The van der Waals surface area contributed by atoms with E-state index < -0.39 is 0 Å². The van der Waals surface area contributed by atoms with Crippen LogP contribution in [0.2, 0.25) is 0 Å². The van der Waals surface area contributed by atoms with Crippen molar-refractivity contribution in [3.63, 3.8) is 0 Å². The van der Waals surface area contributed by atoms with Gasteiger partial charge in [-0.15, -0.1) is 11.3 Å². The van der Waals surface area contributed by atoms with E-state index in [1.807, 2.05) is 18.4 Å². The molecule has 0 spiro atoms. The standard InChI is InChI=1S/C13H14BrFN2S/c1-8-2-3-10(15)6-9(8)7-12(17-16)13-11(14)4-5-18-13/h2-6,12,17H,7,16H2,1H3. The number of hydrogen-bond acceptors (Lipinski definition) is 3. The Kier molecular flexibility index (Phi) is 4.50. The van der Waals surface area contributed by atoms with Crippen molar-refractivity contribution in [2.24, 2.45) is 5.84 Å². The van der Waals surface area contributed by atoms with E-state index >= 15 is 0 Å². The Labute approximate surface area is 118 Å². The Morgan fingerprint density at radius 3 is 2.83 bits per heavy atom. The van der Waals surface area contributed by atoms with E-state index in [4.69, 9.17) is 5.84 Å². The van der Waals surface area contributed by atoms with Gasteiger partial charge >= 0.3 is 0 Å². The monoisotopic (exact) mass is 328 g/mol. The Morgan fingerprint density at radius 1 is 1.44 bits per heavy atom. The summed E-state index contributed by atoms with van der Waals surface area (Å²) in [5.74, 6) is 5.40. The summed E-state index contributed by atoms with van der Waals surface area (Å²) < 4.78 is 14.3. The van der Waals surface area contributed by atoms with E-state index in [1.54, 1.807) is 23.5 Å². The highest BCUT2D eigenvalue weighted by Gasteiger charge is 2.16. The summed E-state index contributed by atoms with van der Waals surface area (Å²) in [6, 6.07) is 6.82. The average Bonchev–Trinajstić information content (AvgIpc) is 2.77. The van der Waals surface area contributed by atoms with Gasteiger partial charge in [0.25, 0.3) is 0 Å². The maximum Gasteiger partial charge on any atom is 0.123 e. The summed E-state index contributed by atoms with van der Waals surface area (Å²) in [4.78, 5) is 1.13. The van der Waals surface area contributed by atoms with Crippen LogP contribution in [0.25, 0.3) is 0 Å². The molecule has 0 bridgehead atoms. The molecule has 0 fully saturated rings. The summed E-state index contributed by atoms with van der Waals surface area (Å²) in [5.41, 5.74) is 4.84. The minimum atomic E-state index is -0.211. The lowest BCUT2D eigenvalue weighted by Gasteiger charge is -2.16. The van der Waals surface area contributed by atoms with Crippen molar-refractivity contribution in [2.45, 2.75) is 19.4 Å². The number of nitrogens with two attached hydrogens (primary N) is 1. The maximum absolute atomic E-state index is 13.3. The molecular formula is C13H14BrFN2S. The SMILES string of the molecule is Cc1ccc(F)cc1CC(NN)c1sccc1Br. The van der Waals surface area contributed by atoms with E-state index in [1.165, 1.54) is 6.07 Å². The van der Waals surface area contributed by atoms with Crippen LogP contribution < -0.4 is 11.3 Å². The van der Waals surface area contributed by atoms with Crippen LogP contribution >= 0.6 is 27.3 Å². The number of rotatable bonds is 4. The molecule has 1 unspecified atom stereocenters. The molecule has 1 aromatic carbocycles. The minimum absolute atomic E-state index is 0.0140. The second-order valence-corrected chi connectivity index (χ2v) is 5.93. The minimum Gasteiger partial charge on any atom is -0.271 e. The number of hydrogen-bond donors (Lipinski definition) is 2. The van der Waals surface area contributed by atoms with Crippen molar-refractivity contribution in [3.05, 3.63) is 55.9 Å². The van der Waals surface area contributed by atoms with E-state index in [-0.39, 0.29) is 11.9 Å². The van der Waals surface area contributed by atoms with Crippen LogP contribution in [0.5, 0.6) is 0 Å². The molecule has 0 radical (unpaired) electrons. The molecule has 2 nitrogen and oxygen atoms in total. The van der Waals surface area contributed by atoms with E-state index in [9.17, 15) is 4.39 Å². The van der Waals surface area contributed by atoms with Gasteiger partial charge in [-0.2, -0.15) is 0 Å². The van der Waals surface area contributed by atoms with Crippen LogP contribution in [0.1, 0.15) is 22.0 Å². The third kappa shape index (κ3) is 2.98. The molecule has 18 heavy (non-hydrogen) atoms. The van der Waals surface area contributed by atoms with Gasteiger partial charge in [0.15, 0.2) is 0 Å². The predicted molar refractivity (Wildman–Crippen MR) is 76.9 cm³/mol. The van der Waals surface area contributed by atoms with Crippen molar-refractivity contribution in [1.82, 2.24) is 5.43 Å². The van der Waals surface area contributed by atoms with Gasteiger partial charge < -0.3 is 0 Å². The van der Waals surface area contributed by atoms with Gasteiger partial charge in [0.1, 0.15) is 5.82 Å². The van der Waals surface area contributed by atoms with Crippen LogP contribution in [0.4, 0.5) is 4.39 Å². The van der Waals surface area contributed by atoms with Crippen molar-refractivity contribution < 1.29 is 4.39 Å². The van der Waals surface area contributed by atoms with Crippen molar-refractivity contribution in [1.29, 1.82) is 0 Å². The summed E-state index contributed by atoms with van der Waals surface area (Å²) in [6.07, 6.45) is 0.666. The molecule has 3 N–H and O–H groups in total. The van der Waals surface area contributed by atoms with Gasteiger partial charge in [-0.1, -0.05) is 6.07 Å². The largest absolute Gasteiger partial charge is 0.271 e. The molecule has 0 aliphatic heterocycles. The van der Waals surface area contributed by atoms with Gasteiger partial charge in [0.05, 0.1) is 6.04 Å². The van der Waals surface area contributed by atoms with E-state index in [0.29, 0.717) is 6.42 Å². The lowest BCUT2D eigenvalue weighted by molar-refractivity contribution is 0.554. The summed E-state index contributed by atoms with van der Waals surface area (Å²) >= 11 is 5.12. The fraction of sp³-hybridized carbons (Fsp3) is 0.231. The summed E-state index contributed by atoms with van der Waals surface area (Å²) in [6.45, 7) is 1.98. The summed E-state index contributed by atoms with van der Waals surface area (Å²) in [5, 5.41) is 2.00. The second-order valence-electron chi connectivity index (χ2n) is 4.13. The second kappa shape index (κ2) is 5.93. The Balaban J connectivity index is 2.26. The van der Waals surface area contributed by atoms with Gasteiger partial charge in [0, 0.05) is 9.35 Å². The van der Waals surface area contributed by atoms with E-state index in [2.05, 4.69) is 21.4 Å². The highest BCUT2D eigenvalue weighted by molar-refractivity contribution is 9.10. The highest BCUT2D eigenvalue weighted by Crippen LogP contribution is 2.31. The molecule has 0 aliphatic carbocycles. The number of halogens is 2. The predicted octanol–water partition coefficient (Wildman–Crippen LogP) is 3.71. The first kappa shape index (κ1) is 13.7. The lowest BCUT2D eigenvalue weighted by atomic mass is 10.0. The Morgan fingerprint density at radius 2 is 2.22 bits per heavy atom. The molecule has 2 aromatic rings. The molecule has 0 saturated carbocycles. The summed E-state index contributed by atoms with van der Waals surface area (Å²) in [7, 11) is 0. The van der Waals surface area contributed by atoms with Gasteiger partial charge in [-0.3, -0.25) is 11.3 Å². The highest BCUT2D eigenvalue weighted by atomic mass is 79.9. The zero-order chi connectivity index (χ0) is 13.1. The molecule has 0 aliphatic rings. The number of benzene rings is 1. The van der Waals surface area contributed by atoms with Gasteiger partial charge in [-0.25, -0.2) is 4.39 Å². The number of hydrazine groups is 1. The molecular weight excluding hydrogens is 315 g/mol. The Bertz CT molecular complexity index is 542. The molecule has 1 heterocycles. The van der Waals surface area contributed by atoms with Crippen molar-refractivity contribution >= 4 is 27.3 Å². The smallest absolute Gasteiger partial charge is 0.123 e. The number of aryl methyl sites for hydroxylation is 1. The zero-order valence-electron chi connectivity index (χ0n) is 9.91. The topological polar surface area (TPSA) is 38.0 Å². The van der Waals surface area contributed by atoms with Crippen LogP contribution in [-0.2, 0) is 6.42 Å². The first-order valence-corrected chi connectivity index (χ1v) is 7.23. The fourth-order valence-electron chi connectivity index (χ4n) is 1.86. The van der Waals surface area contributed by atoms with E-state index in [0.717, 1.165) is 20.5 Å². The third-order valence-corrected chi connectivity index (χ3v) is 4.88. The van der Waals surface area contributed by atoms with Crippen molar-refractivity contribution in [2.75, 3.05) is 0 Å². The number of thiophene rings is 1. The molecule has 1 aromatic heterocycles. The van der Waals surface area contributed by atoms with Crippen molar-refractivity contribution in [3.8, 4) is 0 Å². The van der Waals surface area contributed by atoms with Gasteiger partial charge in [0.2, 0.25) is 0 Å². The van der Waals surface area contributed by atoms with Crippen LogP contribution in [0, 0.1) is 12.7 Å². The van der Waals surface area contributed by atoms with Crippen LogP contribution in [0.3, 0.4) is 0 Å². The molecule has 2 rings (SSSR count). The average molecular weight is 329 g/mol. The lowest BCUT2D eigenvalue weighted by Crippen LogP contribution is -2.29. The molecule has 0 amide bonds. The normalized spacial score (nSPS) is 12.7. The first-order chi connectivity index (χ1) is 8.61. The third-order valence-electron chi connectivity index (χ3n) is 2.90. The van der Waals surface area contributed by atoms with Crippen LogP contribution in [-0.4, -0.2) is 0 Å². The fourth-order valence-corrected chi connectivity index (χ4v) is 3.57. The quantitative estimate of drug-likeness (QED) is 0.663. The molecule has 0 saturated heterocycles. The maximum atomic E-state index is 13.3. The molecule has 5 heteroatoms.